The highest BCUT2D eigenvalue weighted by molar-refractivity contribution is 5.90. The SMILES string of the molecule is CCOC(=O)c1ccc(-n2nc(Oc3ccccc3)c3ccccc32)cc1. The van der Waals surface area contributed by atoms with Crippen molar-refractivity contribution in [2.24, 2.45) is 0 Å². The molecule has 4 aromatic rings. The minimum Gasteiger partial charge on any atom is -0.462 e. The van der Waals surface area contributed by atoms with E-state index in [-0.39, 0.29) is 5.97 Å². The summed E-state index contributed by atoms with van der Waals surface area (Å²) < 4.78 is 12.8. The second-order valence-corrected chi connectivity index (χ2v) is 5.92. The van der Waals surface area contributed by atoms with E-state index in [4.69, 9.17) is 9.47 Å². The summed E-state index contributed by atoms with van der Waals surface area (Å²) in [4.78, 5) is 11.8. The summed E-state index contributed by atoms with van der Waals surface area (Å²) in [5.41, 5.74) is 2.27. The maximum absolute atomic E-state index is 11.8. The summed E-state index contributed by atoms with van der Waals surface area (Å²) in [5, 5.41) is 5.56. The van der Waals surface area contributed by atoms with Crippen LogP contribution >= 0.6 is 0 Å². The molecular weight excluding hydrogens is 340 g/mol. The lowest BCUT2D eigenvalue weighted by molar-refractivity contribution is 0.0526. The second kappa shape index (κ2) is 7.33. The van der Waals surface area contributed by atoms with E-state index in [0.29, 0.717) is 18.1 Å². The Labute approximate surface area is 156 Å². The Morgan fingerprint density at radius 1 is 0.926 bits per heavy atom. The second-order valence-electron chi connectivity index (χ2n) is 5.92. The van der Waals surface area contributed by atoms with Crippen LogP contribution < -0.4 is 4.74 Å². The molecule has 0 radical (unpaired) electrons. The Kier molecular flexibility index (Phi) is 4.58. The lowest BCUT2D eigenvalue weighted by Crippen LogP contribution is -2.05. The van der Waals surface area contributed by atoms with Gasteiger partial charge in [0.05, 0.1) is 28.8 Å². The van der Waals surface area contributed by atoms with E-state index < -0.39 is 0 Å². The first-order valence-electron chi connectivity index (χ1n) is 8.74. The number of benzene rings is 3. The fraction of sp³-hybridized carbons (Fsp3) is 0.0909. The normalized spacial score (nSPS) is 10.7. The van der Waals surface area contributed by atoms with Gasteiger partial charge in [0.15, 0.2) is 0 Å². The summed E-state index contributed by atoms with van der Waals surface area (Å²) in [6, 6.07) is 24.6. The lowest BCUT2D eigenvalue weighted by atomic mass is 10.2. The van der Waals surface area contributed by atoms with Gasteiger partial charge in [0.1, 0.15) is 5.75 Å². The topological polar surface area (TPSA) is 53.4 Å². The maximum Gasteiger partial charge on any atom is 0.338 e. The first kappa shape index (κ1) is 16.8. The molecule has 0 saturated heterocycles. The molecule has 0 atom stereocenters. The monoisotopic (exact) mass is 358 g/mol. The summed E-state index contributed by atoms with van der Waals surface area (Å²) in [6.45, 7) is 2.14. The molecule has 0 aliphatic heterocycles. The number of para-hydroxylation sites is 2. The van der Waals surface area contributed by atoms with Gasteiger partial charge in [0, 0.05) is 0 Å². The fourth-order valence-electron chi connectivity index (χ4n) is 2.86. The van der Waals surface area contributed by atoms with E-state index in [1.807, 2.05) is 71.4 Å². The maximum atomic E-state index is 11.8. The number of ether oxygens (including phenoxy) is 2. The molecule has 1 aromatic heterocycles. The summed E-state index contributed by atoms with van der Waals surface area (Å²) >= 11 is 0. The zero-order valence-corrected chi connectivity index (χ0v) is 14.8. The Hall–Kier alpha value is -3.60. The van der Waals surface area contributed by atoms with E-state index >= 15 is 0 Å². The first-order chi connectivity index (χ1) is 13.3. The van der Waals surface area contributed by atoms with Crippen molar-refractivity contribution in [3.63, 3.8) is 0 Å². The molecule has 0 spiro atoms. The van der Waals surface area contributed by atoms with Crippen molar-refractivity contribution in [1.82, 2.24) is 9.78 Å². The molecule has 0 bridgehead atoms. The summed E-state index contributed by atoms with van der Waals surface area (Å²) in [5.74, 6) is 0.930. The third kappa shape index (κ3) is 3.40. The molecule has 1 heterocycles. The molecule has 0 unspecified atom stereocenters. The zero-order valence-electron chi connectivity index (χ0n) is 14.8. The van der Waals surface area contributed by atoms with Crippen LogP contribution in [-0.2, 0) is 4.74 Å². The third-order valence-electron chi connectivity index (χ3n) is 4.13. The number of nitrogens with zero attached hydrogens (tertiary/aromatic N) is 2. The van der Waals surface area contributed by atoms with Gasteiger partial charge in [-0.2, -0.15) is 0 Å². The molecule has 0 aliphatic rings. The number of aromatic nitrogens is 2. The van der Waals surface area contributed by atoms with Crippen molar-refractivity contribution < 1.29 is 14.3 Å². The van der Waals surface area contributed by atoms with Crippen LogP contribution in [0.5, 0.6) is 11.6 Å². The van der Waals surface area contributed by atoms with Crippen LogP contribution in [0.3, 0.4) is 0 Å². The van der Waals surface area contributed by atoms with Gasteiger partial charge in [0.2, 0.25) is 5.88 Å². The molecule has 5 nitrogen and oxygen atoms in total. The standard InChI is InChI=1S/C22H18N2O3/c1-2-26-22(25)16-12-14-17(15-13-16)24-20-11-7-6-10-19(20)21(23-24)27-18-8-4-3-5-9-18/h3-15H,2H2,1H3. The van der Waals surface area contributed by atoms with Gasteiger partial charge in [-0.3, -0.25) is 0 Å². The highest BCUT2D eigenvalue weighted by atomic mass is 16.5. The molecule has 3 aromatic carbocycles. The number of fused-ring (bicyclic) bond motifs is 1. The quantitative estimate of drug-likeness (QED) is 0.471. The Morgan fingerprint density at radius 2 is 1.63 bits per heavy atom. The molecule has 0 N–H and O–H groups in total. The molecule has 0 fully saturated rings. The van der Waals surface area contributed by atoms with Crippen molar-refractivity contribution in [2.45, 2.75) is 6.92 Å². The fourth-order valence-corrected chi connectivity index (χ4v) is 2.86. The van der Waals surface area contributed by atoms with E-state index in [1.54, 1.807) is 19.1 Å². The third-order valence-corrected chi connectivity index (χ3v) is 4.13. The molecule has 5 heteroatoms. The highest BCUT2D eigenvalue weighted by Gasteiger charge is 2.14. The minimum absolute atomic E-state index is 0.331. The van der Waals surface area contributed by atoms with Crippen LogP contribution in [0.15, 0.2) is 78.9 Å². The van der Waals surface area contributed by atoms with Gasteiger partial charge in [-0.25, -0.2) is 9.48 Å². The molecule has 0 saturated carbocycles. The highest BCUT2D eigenvalue weighted by Crippen LogP contribution is 2.30. The number of hydrogen-bond acceptors (Lipinski definition) is 4. The predicted molar refractivity (Wildman–Crippen MR) is 104 cm³/mol. The van der Waals surface area contributed by atoms with E-state index in [2.05, 4.69) is 5.10 Å². The van der Waals surface area contributed by atoms with Crippen LogP contribution in [0.25, 0.3) is 16.6 Å². The smallest absolute Gasteiger partial charge is 0.338 e. The number of carbonyl (C=O) groups is 1. The zero-order chi connectivity index (χ0) is 18.6. The van der Waals surface area contributed by atoms with Gasteiger partial charge in [0.25, 0.3) is 0 Å². The van der Waals surface area contributed by atoms with Crippen LogP contribution in [0.1, 0.15) is 17.3 Å². The largest absolute Gasteiger partial charge is 0.462 e. The van der Waals surface area contributed by atoms with Crippen LogP contribution in [0.2, 0.25) is 0 Å². The van der Waals surface area contributed by atoms with Gasteiger partial charge in [-0.05, 0) is 55.5 Å². The number of carbonyl (C=O) groups excluding carboxylic acids is 1. The van der Waals surface area contributed by atoms with Crippen LogP contribution in [-0.4, -0.2) is 22.4 Å². The average molecular weight is 358 g/mol. The van der Waals surface area contributed by atoms with Crippen molar-refractivity contribution in [3.8, 4) is 17.3 Å². The number of hydrogen-bond donors (Lipinski definition) is 0. The molecule has 4 rings (SSSR count). The van der Waals surface area contributed by atoms with E-state index in [1.165, 1.54) is 0 Å². The van der Waals surface area contributed by atoms with E-state index in [9.17, 15) is 4.79 Å². The molecule has 134 valence electrons. The van der Waals surface area contributed by atoms with Gasteiger partial charge in [-0.15, -0.1) is 5.10 Å². The van der Waals surface area contributed by atoms with Crippen LogP contribution in [0.4, 0.5) is 0 Å². The Bertz CT molecular complexity index is 1070. The Morgan fingerprint density at radius 3 is 2.37 bits per heavy atom. The van der Waals surface area contributed by atoms with E-state index in [0.717, 1.165) is 22.3 Å². The number of esters is 1. The van der Waals surface area contributed by atoms with Gasteiger partial charge >= 0.3 is 5.97 Å². The van der Waals surface area contributed by atoms with Crippen LogP contribution in [0, 0.1) is 0 Å². The Balaban J connectivity index is 1.73. The number of rotatable bonds is 5. The average Bonchev–Trinajstić information content (AvgIpc) is 3.08. The van der Waals surface area contributed by atoms with Crippen molar-refractivity contribution in [3.05, 3.63) is 84.4 Å². The molecule has 27 heavy (non-hydrogen) atoms. The van der Waals surface area contributed by atoms with Crippen molar-refractivity contribution in [2.75, 3.05) is 6.61 Å². The molecule has 0 aliphatic carbocycles. The van der Waals surface area contributed by atoms with Crippen molar-refractivity contribution >= 4 is 16.9 Å². The summed E-state index contributed by atoms with van der Waals surface area (Å²) in [7, 11) is 0. The minimum atomic E-state index is -0.331. The summed E-state index contributed by atoms with van der Waals surface area (Å²) in [6.07, 6.45) is 0. The van der Waals surface area contributed by atoms with Crippen molar-refractivity contribution in [1.29, 1.82) is 0 Å². The van der Waals surface area contributed by atoms with Gasteiger partial charge in [-0.1, -0.05) is 30.3 Å². The molecule has 0 amide bonds. The first-order valence-corrected chi connectivity index (χ1v) is 8.74. The molecular formula is C22H18N2O3. The van der Waals surface area contributed by atoms with Gasteiger partial charge < -0.3 is 9.47 Å². The predicted octanol–water partition coefficient (Wildman–Crippen LogP) is 4.99. The lowest BCUT2D eigenvalue weighted by Gasteiger charge is -2.05.